The molecule has 6 heteroatoms. The molecule has 0 spiro atoms. The lowest BCUT2D eigenvalue weighted by Crippen LogP contribution is -2.24. The SMILES string of the molecule is CCS(C)(C#Cc1ccc(-c2cc3cccc(-c4cc(C(C)C)c5c(c4)n(C)c(=O)n5C)c3cn2)cn1)C(C)(C)C. The number of hydrogen-bond donors (Lipinski definition) is 0. The van der Waals surface area contributed by atoms with Crippen LogP contribution in [0.4, 0.5) is 0 Å². The van der Waals surface area contributed by atoms with Crippen molar-refractivity contribution in [1.29, 1.82) is 0 Å². The van der Waals surface area contributed by atoms with Crippen LogP contribution >= 0.6 is 10.0 Å². The summed E-state index contributed by atoms with van der Waals surface area (Å²) in [5.41, 5.74) is 7.92. The molecule has 0 aliphatic heterocycles. The molecular weight excluding hydrogens is 524 g/mol. The zero-order chi connectivity index (χ0) is 29.7. The fourth-order valence-corrected chi connectivity index (χ4v) is 6.95. The summed E-state index contributed by atoms with van der Waals surface area (Å²) in [4.78, 5) is 22.3. The van der Waals surface area contributed by atoms with Crippen molar-refractivity contribution in [1.82, 2.24) is 19.1 Å². The molecule has 2 aromatic carbocycles. The quantitative estimate of drug-likeness (QED) is 0.209. The number of nitrogens with zero attached hydrogens (tertiary/aromatic N) is 4. The van der Waals surface area contributed by atoms with Crippen LogP contribution in [0, 0.1) is 11.2 Å². The van der Waals surface area contributed by atoms with E-state index in [-0.39, 0.29) is 16.4 Å². The lowest BCUT2D eigenvalue weighted by Gasteiger charge is -2.42. The summed E-state index contributed by atoms with van der Waals surface area (Å²) >= 11 is 0. The molecule has 3 heterocycles. The van der Waals surface area contributed by atoms with Crippen LogP contribution in [-0.4, -0.2) is 35.9 Å². The number of aromatic nitrogens is 4. The molecule has 0 aliphatic carbocycles. The van der Waals surface area contributed by atoms with Gasteiger partial charge in [-0.15, -0.1) is 0 Å². The number of fused-ring (bicyclic) bond motifs is 2. The van der Waals surface area contributed by atoms with E-state index in [9.17, 15) is 4.79 Å². The monoisotopic (exact) mass is 564 g/mol. The van der Waals surface area contributed by atoms with Gasteiger partial charge in [-0.2, -0.15) is 10.0 Å². The molecule has 0 amide bonds. The third-order valence-corrected chi connectivity index (χ3v) is 12.9. The number of rotatable bonds is 4. The van der Waals surface area contributed by atoms with Crippen molar-refractivity contribution in [2.75, 3.05) is 12.0 Å². The van der Waals surface area contributed by atoms with Gasteiger partial charge in [0.2, 0.25) is 0 Å². The maximum Gasteiger partial charge on any atom is 0.328 e. The molecule has 0 fully saturated rings. The zero-order valence-corrected chi connectivity index (χ0v) is 26.5. The Bertz CT molecular complexity index is 1900. The fourth-order valence-electron chi connectivity index (χ4n) is 5.31. The first-order valence-electron chi connectivity index (χ1n) is 14.2. The summed E-state index contributed by atoms with van der Waals surface area (Å²) in [6, 6.07) is 16.9. The number of aryl methyl sites for hydroxylation is 2. The smallest absolute Gasteiger partial charge is 0.295 e. The zero-order valence-electron chi connectivity index (χ0n) is 25.7. The minimum absolute atomic E-state index is 0.0104. The number of imidazole rings is 1. The molecule has 1 atom stereocenters. The first kappa shape index (κ1) is 28.7. The van der Waals surface area contributed by atoms with E-state index in [1.807, 2.05) is 32.6 Å². The standard InChI is InChI=1S/C35H40N4OS/c1-10-41(9,35(4,5)6)17-16-27-15-14-25(21-36-27)31-19-24-12-11-13-28(30(24)22-37-31)26-18-29(23(2)3)33-32(20-26)38(7)34(40)39(33)8/h11-15,18-23H,10H2,1-9H3. The molecule has 212 valence electrons. The molecule has 0 saturated carbocycles. The Morgan fingerprint density at radius 1 is 0.951 bits per heavy atom. The van der Waals surface area contributed by atoms with Gasteiger partial charge in [0, 0.05) is 42.2 Å². The van der Waals surface area contributed by atoms with Crippen LogP contribution in [0.2, 0.25) is 0 Å². The molecule has 0 radical (unpaired) electrons. The minimum atomic E-state index is -1.06. The Kier molecular flexibility index (Phi) is 7.38. The predicted octanol–water partition coefficient (Wildman–Crippen LogP) is 7.84. The highest BCUT2D eigenvalue weighted by Gasteiger charge is 2.29. The van der Waals surface area contributed by atoms with Gasteiger partial charge >= 0.3 is 5.69 Å². The van der Waals surface area contributed by atoms with E-state index in [0.29, 0.717) is 0 Å². The third kappa shape index (κ3) is 5.08. The average Bonchev–Trinajstić information content (AvgIpc) is 3.18. The van der Waals surface area contributed by atoms with Crippen molar-refractivity contribution in [2.45, 2.75) is 52.2 Å². The molecule has 3 aromatic heterocycles. The normalized spacial score (nSPS) is 14.2. The molecule has 5 rings (SSSR count). The molecule has 5 aromatic rings. The van der Waals surface area contributed by atoms with E-state index in [2.05, 4.69) is 106 Å². The number of benzene rings is 2. The molecule has 41 heavy (non-hydrogen) atoms. The third-order valence-electron chi connectivity index (χ3n) is 8.48. The van der Waals surface area contributed by atoms with Crippen molar-refractivity contribution in [3.05, 3.63) is 82.7 Å². The van der Waals surface area contributed by atoms with Gasteiger partial charge < -0.3 is 0 Å². The Labute approximate surface area is 245 Å². The van der Waals surface area contributed by atoms with E-state index in [1.54, 1.807) is 9.13 Å². The van der Waals surface area contributed by atoms with Gasteiger partial charge in [0.05, 0.1) is 16.7 Å². The molecular formula is C35H40N4OS. The average molecular weight is 565 g/mol. The van der Waals surface area contributed by atoms with Crippen LogP contribution in [0.5, 0.6) is 0 Å². The minimum Gasteiger partial charge on any atom is -0.295 e. The van der Waals surface area contributed by atoms with Crippen molar-refractivity contribution in [2.24, 2.45) is 14.1 Å². The van der Waals surface area contributed by atoms with Gasteiger partial charge in [0.15, 0.2) is 0 Å². The Morgan fingerprint density at radius 2 is 1.71 bits per heavy atom. The highest BCUT2D eigenvalue weighted by Crippen LogP contribution is 2.54. The second kappa shape index (κ2) is 10.5. The van der Waals surface area contributed by atoms with Crippen molar-refractivity contribution in [3.8, 4) is 33.6 Å². The molecule has 1 unspecified atom stereocenters. The lowest BCUT2D eigenvalue weighted by molar-refractivity contribution is 0.788. The fraction of sp³-hybridized carbons (Fsp3) is 0.343. The van der Waals surface area contributed by atoms with Crippen LogP contribution in [0.3, 0.4) is 0 Å². The van der Waals surface area contributed by atoms with Crippen molar-refractivity contribution >= 4 is 31.8 Å². The van der Waals surface area contributed by atoms with E-state index >= 15 is 0 Å². The summed E-state index contributed by atoms with van der Waals surface area (Å²) in [5, 5.41) is 5.76. The largest absolute Gasteiger partial charge is 0.328 e. The first-order chi connectivity index (χ1) is 19.3. The summed E-state index contributed by atoms with van der Waals surface area (Å²) in [5.74, 6) is 4.69. The predicted molar refractivity (Wildman–Crippen MR) is 177 cm³/mol. The maximum atomic E-state index is 12.8. The van der Waals surface area contributed by atoms with Crippen LogP contribution in [-0.2, 0) is 14.1 Å². The van der Waals surface area contributed by atoms with E-state index < -0.39 is 10.0 Å². The Hall–Kier alpha value is -3.82. The van der Waals surface area contributed by atoms with Crippen LogP contribution in [0.15, 0.2) is 65.7 Å². The highest BCUT2D eigenvalue weighted by atomic mass is 32.3. The van der Waals surface area contributed by atoms with Gasteiger partial charge in [0.1, 0.15) is 5.69 Å². The summed E-state index contributed by atoms with van der Waals surface area (Å²) in [6.07, 6.45) is 6.14. The van der Waals surface area contributed by atoms with Gasteiger partial charge in [-0.25, -0.2) is 9.78 Å². The summed E-state index contributed by atoms with van der Waals surface area (Å²) in [6.45, 7) is 13.4. The van der Waals surface area contributed by atoms with Gasteiger partial charge in [-0.05, 0) is 81.5 Å². The molecule has 0 aliphatic rings. The van der Waals surface area contributed by atoms with Crippen LogP contribution in [0.1, 0.15) is 58.7 Å². The van der Waals surface area contributed by atoms with Crippen molar-refractivity contribution < 1.29 is 0 Å². The van der Waals surface area contributed by atoms with Gasteiger partial charge in [0.25, 0.3) is 0 Å². The maximum absolute atomic E-state index is 12.8. The number of hydrogen-bond acceptors (Lipinski definition) is 3. The number of pyridine rings is 2. The second-order valence-corrected chi connectivity index (χ2v) is 16.4. The molecule has 0 bridgehead atoms. The topological polar surface area (TPSA) is 52.7 Å². The molecule has 0 N–H and O–H groups in total. The molecule has 5 nitrogen and oxygen atoms in total. The summed E-state index contributed by atoms with van der Waals surface area (Å²) in [7, 11) is 2.63. The van der Waals surface area contributed by atoms with Crippen LogP contribution in [0.25, 0.3) is 44.2 Å². The van der Waals surface area contributed by atoms with E-state index in [0.717, 1.165) is 61.2 Å². The first-order valence-corrected chi connectivity index (χ1v) is 16.4. The second-order valence-electron chi connectivity index (χ2n) is 12.2. The summed E-state index contributed by atoms with van der Waals surface area (Å²) < 4.78 is 3.66. The Balaban J connectivity index is 1.54. The van der Waals surface area contributed by atoms with E-state index in [1.165, 1.54) is 0 Å². The van der Waals surface area contributed by atoms with Gasteiger partial charge in [-0.3, -0.25) is 14.1 Å². The van der Waals surface area contributed by atoms with Gasteiger partial charge in [-0.1, -0.05) is 59.7 Å². The van der Waals surface area contributed by atoms with E-state index in [4.69, 9.17) is 4.98 Å². The van der Waals surface area contributed by atoms with Crippen LogP contribution < -0.4 is 5.69 Å². The van der Waals surface area contributed by atoms with Crippen molar-refractivity contribution in [3.63, 3.8) is 0 Å². The lowest BCUT2D eigenvalue weighted by atomic mass is 9.93. The molecule has 0 saturated heterocycles. The highest BCUT2D eigenvalue weighted by molar-refractivity contribution is 8.37. The Morgan fingerprint density at radius 3 is 2.34 bits per heavy atom.